The van der Waals surface area contributed by atoms with Crippen molar-refractivity contribution in [1.82, 2.24) is 19.7 Å². The maximum atomic E-state index is 12.5. The van der Waals surface area contributed by atoms with Crippen LogP contribution in [0.1, 0.15) is 22.5 Å². The lowest BCUT2D eigenvalue weighted by molar-refractivity contribution is -0.113. The van der Waals surface area contributed by atoms with Gasteiger partial charge in [0.25, 0.3) is 0 Å². The molecule has 9 heteroatoms. The predicted octanol–water partition coefficient (Wildman–Crippen LogP) is 4.89. The van der Waals surface area contributed by atoms with Crippen LogP contribution in [0.25, 0.3) is 11.3 Å². The molecule has 0 fully saturated rings. The van der Waals surface area contributed by atoms with Gasteiger partial charge in [0.2, 0.25) is 5.91 Å². The normalized spacial score (nSPS) is 10.9. The zero-order valence-corrected chi connectivity index (χ0v) is 20.6. The van der Waals surface area contributed by atoms with Crippen molar-refractivity contribution in [3.05, 3.63) is 70.4 Å². The van der Waals surface area contributed by atoms with Crippen molar-refractivity contribution >= 4 is 34.1 Å². The molecule has 0 aliphatic rings. The highest BCUT2D eigenvalue weighted by molar-refractivity contribution is 7.99. The summed E-state index contributed by atoms with van der Waals surface area (Å²) < 4.78 is 7.12. The van der Waals surface area contributed by atoms with Crippen LogP contribution >= 0.6 is 23.1 Å². The number of thioether (sulfide) groups is 1. The van der Waals surface area contributed by atoms with Gasteiger partial charge < -0.3 is 14.6 Å². The topological polar surface area (TPSA) is 81.9 Å². The molecule has 0 saturated carbocycles. The van der Waals surface area contributed by atoms with Gasteiger partial charge in [-0.2, -0.15) is 0 Å². The summed E-state index contributed by atoms with van der Waals surface area (Å²) in [5, 5.41) is 14.7. The van der Waals surface area contributed by atoms with Crippen LogP contribution in [0, 0.1) is 13.8 Å². The Morgan fingerprint density at radius 1 is 1.12 bits per heavy atom. The molecule has 2 aromatic heterocycles. The molecule has 170 valence electrons. The van der Waals surface area contributed by atoms with Gasteiger partial charge in [-0.3, -0.25) is 4.79 Å². The Hall–Kier alpha value is -3.17. The fourth-order valence-electron chi connectivity index (χ4n) is 3.20. The largest absolute Gasteiger partial charge is 0.497 e. The Morgan fingerprint density at radius 3 is 2.64 bits per heavy atom. The van der Waals surface area contributed by atoms with Crippen LogP contribution in [0.5, 0.6) is 5.75 Å². The number of nitrogens with one attached hydrogen (secondary N) is 1. The van der Waals surface area contributed by atoms with Gasteiger partial charge in [-0.1, -0.05) is 36.0 Å². The van der Waals surface area contributed by atoms with Crippen molar-refractivity contribution in [2.75, 3.05) is 18.2 Å². The van der Waals surface area contributed by atoms with Gasteiger partial charge in [-0.15, -0.1) is 21.5 Å². The summed E-state index contributed by atoms with van der Waals surface area (Å²) in [6, 6.07) is 14.1. The van der Waals surface area contributed by atoms with E-state index in [4.69, 9.17) is 4.74 Å². The van der Waals surface area contributed by atoms with E-state index in [-0.39, 0.29) is 11.7 Å². The molecule has 1 amide bonds. The molecule has 2 heterocycles. The number of amides is 1. The number of hydrogen-bond acceptors (Lipinski definition) is 7. The first-order chi connectivity index (χ1) is 15.9. The maximum absolute atomic E-state index is 12.5. The average Bonchev–Trinajstić information content (AvgIpc) is 3.41. The molecule has 4 aromatic rings. The number of hydrogen-bond donors (Lipinski definition) is 1. The van der Waals surface area contributed by atoms with Gasteiger partial charge in [0.15, 0.2) is 10.3 Å². The molecule has 0 atom stereocenters. The van der Waals surface area contributed by atoms with Crippen LogP contribution in [-0.2, 0) is 18.3 Å². The molecule has 4 rings (SSSR count). The van der Waals surface area contributed by atoms with Crippen LogP contribution < -0.4 is 10.1 Å². The third-order valence-corrected chi connectivity index (χ3v) is 7.11. The van der Waals surface area contributed by atoms with E-state index in [1.54, 1.807) is 7.11 Å². The number of methoxy groups -OCH3 is 1. The molecule has 0 aliphatic heterocycles. The molecule has 1 N–H and O–H groups in total. The van der Waals surface area contributed by atoms with Gasteiger partial charge in [0.1, 0.15) is 11.6 Å². The van der Waals surface area contributed by atoms with E-state index in [0.717, 1.165) is 28.4 Å². The first-order valence-electron chi connectivity index (χ1n) is 10.4. The van der Waals surface area contributed by atoms with Gasteiger partial charge >= 0.3 is 0 Å². The van der Waals surface area contributed by atoms with Gasteiger partial charge in [-0.25, -0.2) is 4.98 Å². The molecule has 33 heavy (non-hydrogen) atoms. The zero-order chi connectivity index (χ0) is 23.4. The fraction of sp³-hybridized carbons (Fsp3) is 0.250. The number of aryl methyl sites for hydroxylation is 2. The lowest BCUT2D eigenvalue weighted by Crippen LogP contribution is -2.14. The van der Waals surface area contributed by atoms with Crippen LogP contribution in [0.2, 0.25) is 0 Å². The van der Waals surface area contributed by atoms with Crippen LogP contribution in [0.3, 0.4) is 0 Å². The smallest absolute Gasteiger partial charge is 0.236 e. The molecule has 0 unspecified atom stereocenters. The van der Waals surface area contributed by atoms with Crippen molar-refractivity contribution in [2.45, 2.75) is 25.4 Å². The zero-order valence-electron chi connectivity index (χ0n) is 19.0. The number of thiazole rings is 1. The predicted molar refractivity (Wildman–Crippen MR) is 133 cm³/mol. The first-order valence-corrected chi connectivity index (χ1v) is 12.3. The fourth-order valence-corrected chi connectivity index (χ4v) is 4.67. The van der Waals surface area contributed by atoms with E-state index < -0.39 is 0 Å². The van der Waals surface area contributed by atoms with Crippen LogP contribution in [0.4, 0.5) is 5.13 Å². The number of rotatable bonds is 8. The summed E-state index contributed by atoms with van der Waals surface area (Å²) in [5.74, 6) is 1.76. The Morgan fingerprint density at radius 2 is 1.91 bits per heavy atom. The monoisotopic (exact) mass is 479 g/mol. The maximum Gasteiger partial charge on any atom is 0.236 e. The third-order valence-electron chi connectivity index (χ3n) is 5.33. The van der Waals surface area contributed by atoms with E-state index in [9.17, 15) is 4.79 Å². The number of carbonyl (C=O) groups is 1. The molecule has 0 spiro atoms. The SMILES string of the molecule is COc1ccc(Cc2nnc(SCC(=O)Nc3nc(-c4ccc(C)c(C)c4)cs3)n2C)cc1. The number of carbonyl (C=O) groups excluding carboxylic acids is 1. The second-order valence-electron chi connectivity index (χ2n) is 7.66. The highest BCUT2D eigenvalue weighted by Gasteiger charge is 2.14. The molecule has 0 aliphatic carbocycles. The minimum absolute atomic E-state index is 0.124. The second-order valence-corrected chi connectivity index (χ2v) is 9.46. The summed E-state index contributed by atoms with van der Waals surface area (Å²) in [6.45, 7) is 4.17. The molecule has 0 saturated heterocycles. The van der Waals surface area contributed by atoms with E-state index in [1.807, 2.05) is 41.3 Å². The Kier molecular flexibility index (Phi) is 7.10. The molecular formula is C24H25N5O2S2. The van der Waals surface area contributed by atoms with Crippen molar-refractivity contribution < 1.29 is 9.53 Å². The van der Waals surface area contributed by atoms with Gasteiger partial charge in [0.05, 0.1) is 18.6 Å². The summed E-state index contributed by atoms with van der Waals surface area (Å²) in [4.78, 5) is 17.0. The molecule has 7 nitrogen and oxygen atoms in total. The first kappa shape index (κ1) is 23.0. The highest BCUT2D eigenvalue weighted by Crippen LogP contribution is 2.27. The van der Waals surface area contributed by atoms with Crippen molar-refractivity contribution in [1.29, 1.82) is 0 Å². The number of nitrogens with zero attached hydrogens (tertiary/aromatic N) is 4. The van der Waals surface area contributed by atoms with Crippen molar-refractivity contribution in [3.8, 4) is 17.0 Å². The highest BCUT2D eigenvalue weighted by atomic mass is 32.2. The molecule has 2 aromatic carbocycles. The van der Waals surface area contributed by atoms with Gasteiger partial charge in [0, 0.05) is 24.4 Å². The number of ether oxygens (including phenoxy) is 1. The Labute approximate surface area is 201 Å². The van der Waals surface area contributed by atoms with Crippen LogP contribution in [0.15, 0.2) is 53.0 Å². The summed E-state index contributed by atoms with van der Waals surface area (Å²) in [5.41, 5.74) is 5.49. The lowest BCUT2D eigenvalue weighted by Gasteiger charge is -2.05. The van der Waals surface area contributed by atoms with Crippen LogP contribution in [-0.4, -0.2) is 38.5 Å². The van der Waals surface area contributed by atoms with E-state index in [1.165, 1.54) is 34.2 Å². The van der Waals surface area contributed by atoms with E-state index in [2.05, 4.69) is 52.5 Å². The standard InChI is InChI=1S/C24H25N5O2S2/c1-15-5-8-18(11-16(15)2)20-13-32-23(25-20)26-22(30)14-33-24-28-27-21(29(24)3)12-17-6-9-19(31-4)10-7-17/h5-11,13H,12,14H2,1-4H3,(H,25,26,30). The quantitative estimate of drug-likeness (QED) is 0.363. The average molecular weight is 480 g/mol. The van der Waals surface area contributed by atoms with Crippen molar-refractivity contribution in [3.63, 3.8) is 0 Å². The summed E-state index contributed by atoms with van der Waals surface area (Å²) >= 11 is 2.77. The number of benzene rings is 2. The van der Waals surface area contributed by atoms with Crippen molar-refractivity contribution in [2.24, 2.45) is 7.05 Å². The molecule has 0 bridgehead atoms. The Balaban J connectivity index is 1.33. The molecule has 0 radical (unpaired) electrons. The van der Waals surface area contributed by atoms with Gasteiger partial charge in [-0.05, 0) is 48.7 Å². The lowest BCUT2D eigenvalue weighted by atomic mass is 10.1. The molecular weight excluding hydrogens is 454 g/mol. The second kappa shape index (κ2) is 10.2. The number of aromatic nitrogens is 4. The Bertz CT molecular complexity index is 1260. The van der Waals surface area contributed by atoms with E-state index in [0.29, 0.717) is 16.7 Å². The third kappa shape index (κ3) is 5.61. The summed E-state index contributed by atoms with van der Waals surface area (Å²) in [7, 11) is 3.56. The minimum atomic E-state index is -0.124. The van der Waals surface area contributed by atoms with E-state index >= 15 is 0 Å². The summed E-state index contributed by atoms with van der Waals surface area (Å²) in [6.07, 6.45) is 0.653. The number of anilines is 1. The minimum Gasteiger partial charge on any atom is -0.497 e.